The number of halogens is 1. The third-order valence-corrected chi connectivity index (χ3v) is 3.38. The van der Waals surface area contributed by atoms with Gasteiger partial charge in [-0.1, -0.05) is 0 Å². The third-order valence-electron chi connectivity index (χ3n) is 3.18. The molecule has 3 rings (SSSR count). The Balaban J connectivity index is 2.17. The van der Waals surface area contributed by atoms with E-state index in [1.807, 2.05) is 30.5 Å². The van der Waals surface area contributed by atoms with Crippen molar-refractivity contribution >= 4 is 22.8 Å². The molecule has 0 bridgehead atoms. The van der Waals surface area contributed by atoms with Gasteiger partial charge in [0.1, 0.15) is 17.7 Å². The molecule has 3 aromatic rings. The first kappa shape index (κ1) is 13.0. The van der Waals surface area contributed by atoms with E-state index in [4.69, 9.17) is 11.6 Å². The van der Waals surface area contributed by atoms with Gasteiger partial charge in [-0.25, -0.2) is 19.9 Å². The highest BCUT2D eigenvalue weighted by Crippen LogP contribution is 2.25. The minimum absolute atomic E-state index is 0.189. The van der Waals surface area contributed by atoms with Gasteiger partial charge in [-0.15, -0.1) is 11.6 Å². The van der Waals surface area contributed by atoms with Crippen LogP contribution in [0.1, 0.15) is 29.4 Å². The Bertz CT molecular complexity index is 736. The lowest BCUT2D eigenvalue weighted by molar-refractivity contribution is 0.719. The van der Waals surface area contributed by atoms with Gasteiger partial charge in [0.15, 0.2) is 5.65 Å². The number of aromatic nitrogens is 5. The van der Waals surface area contributed by atoms with E-state index < -0.39 is 0 Å². The van der Waals surface area contributed by atoms with Crippen molar-refractivity contribution in [3.8, 4) is 0 Å². The van der Waals surface area contributed by atoms with Crippen molar-refractivity contribution in [2.45, 2.75) is 25.8 Å². The number of imidazole rings is 1. The summed E-state index contributed by atoms with van der Waals surface area (Å²) in [4.78, 5) is 17.3. The molecule has 20 heavy (non-hydrogen) atoms. The second kappa shape index (κ2) is 5.17. The van der Waals surface area contributed by atoms with Gasteiger partial charge in [-0.05, 0) is 31.5 Å². The maximum Gasteiger partial charge on any atom is 0.160 e. The predicted octanol–water partition coefficient (Wildman–Crippen LogP) is 2.88. The molecule has 0 radical (unpaired) electrons. The molecule has 0 aliphatic carbocycles. The Hall–Kier alpha value is -2.01. The zero-order valence-corrected chi connectivity index (χ0v) is 12.0. The second-order valence-electron chi connectivity index (χ2n) is 4.67. The zero-order valence-electron chi connectivity index (χ0n) is 11.3. The highest BCUT2D eigenvalue weighted by molar-refractivity contribution is 6.20. The Morgan fingerprint density at radius 2 is 2.10 bits per heavy atom. The molecule has 6 heteroatoms. The normalized spacial score (nSPS) is 12.8. The fourth-order valence-corrected chi connectivity index (χ4v) is 2.35. The molecule has 0 aliphatic heterocycles. The summed E-state index contributed by atoms with van der Waals surface area (Å²) >= 11 is 6.25. The number of pyridine rings is 1. The van der Waals surface area contributed by atoms with E-state index in [0.29, 0.717) is 6.54 Å². The molecule has 5 nitrogen and oxygen atoms in total. The van der Waals surface area contributed by atoms with E-state index in [-0.39, 0.29) is 5.38 Å². The molecule has 0 N–H and O–H groups in total. The number of rotatable bonds is 3. The largest absolute Gasteiger partial charge is 0.305 e. The summed E-state index contributed by atoms with van der Waals surface area (Å²) < 4.78 is 2.02. The number of alkyl halides is 1. The predicted molar refractivity (Wildman–Crippen MR) is 77.7 cm³/mol. The Kier molecular flexibility index (Phi) is 3.36. The maximum absolute atomic E-state index is 6.25. The third kappa shape index (κ3) is 2.25. The summed E-state index contributed by atoms with van der Waals surface area (Å²) in [6.45, 7) is 4.52. The number of fused-ring (bicyclic) bond motifs is 1. The van der Waals surface area contributed by atoms with Crippen molar-refractivity contribution in [3.05, 3.63) is 47.9 Å². The zero-order chi connectivity index (χ0) is 14.1. The van der Waals surface area contributed by atoms with Crippen molar-refractivity contribution in [2.75, 3.05) is 0 Å². The van der Waals surface area contributed by atoms with Crippen LogP contribution in [0.15, 0.2) is 30.9 Å². The Morgan fingerprint density at radius 1 is 1.25 bits per heavy atom. The lowest BCUT2D eigenvalue weighted by Crippen LogP contribution is -2.07. The molecule has 0 aliphatic rings. The highest BCUT2D eigenvalue weighted by Gasteiger charge is 2.17. The average molecular weight is 288 g/mol. The van der Waals surface area contributed by atoms with Crippen LogP contribution in [0.4, 0.5) is 0 Å². The fraction of sp³-hybridized carbons (Fsp3) is 0.286. The van der Waals surface area contributed by atoms with Crippen molar-refractivity contribution in [1.82, 2.24) is 24.5 Å². The maximum atomic E-state index is 6.25. The smallest absolute Gasteiger partial charge is 0.160 e. The van der Waals surface area contributed by atoms with Crippen LogP contribution in [-0.4, -0.2) is 24.5 Å². The van der Waals surface area contributed by atoms with Crippen LogP contribution in [0.3, 0.4) is 0 Å². The molecule has 0 aromatic carbocycles. The van der Waals surface area contributed by atoms with Crippen molar-refractivity contribution in [2.24, 2.45) is 0 Å². The number of hydrogen-bond acceptors (Lipinski definition) is 4. The van der Waals surface area contributed by atoms with Crippen molar-refractivity contribution in [3.63, 3.8) is 0 Å². The number of nitrogens with zero attached hydrogens (tertiary/aromatic N) is 5. The SMILES string of the molecule is Cc1ccnc2c1nc(C(C)Cl)n2Cc1ccncn1. The van der Waals surface area contributed by atoms with Gasteiger partial charge in [0.25, 0.3) is 0 Å². The molecule has 0 amide bonds. The van der Waals surface area contributed by atoms with E-state index >= 15 is 0 Å². The first-order valence-corrected chi connectivity index (χ1v) is 6.81. The van der Waals surface area contributed by atoms with Crippen LogP contribution >= 0.6 is 11.6 Å². The van der Waals surface area contributed by atoms with Gasteiger partial charge in [0, 0.05) is 12.4 Å². The second-order valence-corrected chi connectivity index (χ2v) is 5.33. The molecule has 0 spiro atoms. The summed E-state index contributed by atoms with van der Waals surface area (Å²) in [5.74, 6) is 0.807. The highest BCUT2D eigenvalue weighted by atomic mass is 35.5. The number of aryl methyl sites for hydroxylation is 1. The van der Waals surface area contributed by atoms with E-state index in [2.05, 4.69) is 19.9 Å². The van der Waals surface area contributed by atoms with Gasteiger partial charge in [0.05, 0.1) is 17.6 Å². The molecule has 3 heterocycles. The standard InChI is InChI=1S/C14H14ClN5/c1-9-3-6-17-14-12(9)19-13(10(2)15)20(14)7-11-4-5-16-8-18-11/h3-6,8,10H,7H2,1-2H3. The lowest BCUT2D eigenvalue weighted by Gasteiger charge is -2.09. The van der Waals surface area contributed by atoms with E-state index in [1.54, 1.807) is 12.4 Å². The Labute approximate surface area is 121 Å². The summed E-state index contributed by atoms with van der Waals surface area (Å²) in [5.41, 5.74) is 3.73. The summed E-state index contributed by atoms with van der Waals surface area (Å²) in [7, 11) is 0. The van der Waals surface area contributed by atoms with E-state index in [0.717, 1.165) is 28.2 Å². The topological polar surface area (TPSA) is 56.5 Å². The van der Waals surface area contributed by atoms with Crippen LogP contribution in [0, 0.1) is 6.92 Å². The molecular weight excluding hydrogens is 274 g/mol. The minimum Gasteiger partial charge on any atom is -0.305 e. The molecule has 1 unspecified atom stereocenters. The molecule has 1 atom stereocenters. The van der Waals surface area contributed by atoms with Gasteiger partial charge in [0.2, 0.25) is 0 Å². The molecule has 0 fully saturated rings. The van der Waals surface area contributed by atoms with Crippen LogP contribution in [0.25, 0.3) is 11.2 Å². The van der Waals surface area contributed by atoms with Crippen LogP contribution in [0.2, 0.25) is 0 Å². The first-order chi connectivity index (χ1) is 9.66. The average Bonchev–Trinajstić information content (AvgIpc) is 2.81. The molecular formula is C14H14ClN5. The van der Waals surface area contributed by atoms with Crippen LogP contribution in [-0.2, 0) is 6.54 Å². The quantitative estimate of drug-likeness (QED) is 0.695. The van der Waals surface area contributed by atoms with Gasteiger partial charge in [-0.2, -0.15) is 0 Å². The van der Waals surface area contributed by atoms with Gasteiger partial charge in [-0.3, -0.25) is 0 Å². The van der Waals surface area contributed by atoms with Gasteiger partial charge >= 0.3 is 0 Å². The van der Waals surface area contributed by atoms with E-state index in [1.165, 1.54) is 6.33 Å². The number of hydrogen-bond donors (Lipinski definition) is 0. The van der Waals surface area contributed by atoms with Crippen LogP contribution < -0.4 is 0 Å². The van der Waals surface area contributed by atoms with Crippen LogP contribution in [0.5, 0.6) is 0 Å². The Morgan fingerprint density at radius 3 is 2.80 bits per heavy atom. The summed E-state index contributed by atoms with van der Waals surface area (Å²) in [6.07, 6.45) is 5.05. The molecule has 0 saturated heterocycles. The summed E-state index contributed by atoms with van der Waals surface area (Å²) in [6, 6.07) is 3.83. The molecule has 102 valence electrons. The first-order valence-electron chi connectivity index (χ1n) is 6.37. The van der Waals surface area contributed by atoms with E-state index in [9.17, 15) is 0 Å². The minimum atomic E-state index is -0.189. The monoisotopic (exact) mass is 287 g/mol. The van der Waals surface area contributed by atoms with Crippen molar-refractivity contribution < 1.29 is 0 Å². The molecule has 0 saturated carbocycles. The fourth-order valence-electron chi connectivity index (χ4n) is 2.19. The lowest BCUT2D eigenvalue weighted by atomic mass is 10.3. The van der Waals surface area contributed by atoms with Crippen molar-refractivity contribution in [1.29, 1.82) is 0 Å². The van der Waals surface area contributed by atoms with Gasteiger partial charge < -0.3 is 4.57 Å². The molecule has 3 aromatic heterocycles. The summed E-state index contributed by atoms with van der Waals surface area (Å²) in [5, 5.41) is -0.189.